The molecule has 20 heavy (non-hydrogen) atoms. The van der Waals surface area contributed by atoms with Crippen molar-refractivity contribution in [1.82, 2.24) is 5.32 Å². The fraction of sp³-hybridized carbons (Fsp3) is 0.200. The first-order chi connectivity index (χ1) is 9.43. The molecule has 0 spiro atoms. The second-order valence-corrected chi connectivity index (χ2v) is 4.36. The second kappa shape index (κ2) is 5.63. The first-order valence-electron chi connectivity index (χ1n) is 6.03. The molecule has 0 heterocycles. The quantitative estimate of drug-likeness (QED) is 0.656. The van der Waals surface area contributed by atoms with Crippen molar-refractivity contribution < 1.29 is 17.6 Å². The molecule has 0 fully saturated rings. The van der Waals surface area contributed by atoms with E-state index in [4.69, 9.17) is 0 Å². The van der Waals surface area contributed by atoms with Crippen LogP contribution >= 0.6 is 0 Å². The number of halogens is 4. The molecule has 1 atom stereocenters. The van der Waals surface area contributed by atoms with Crippen LogP contribution in [0.2, 0.25) is 0 Å². The Hall–Kier alpha value is -1.88. The maximum absolute atomic E-state index is 14.5. The highest BCUT2D eigenvalue weighted by molar-refractivity contribution is 5.24. The monoisotopic (exact) mass is 283 g/mol. The Labute approximate surface area is 114 Å². The van der Waals surface area contributed by atoms with Crippen molar-refractivity contribution in [1.29, 1.82) is 0 Å². The van der Waals surface area contributed by atoms with Crippen molar-refractivity contribution in [3.63, 3.8) is 0 Å². The summed E-state index contributed by atoms with van der Waals surface area (Å²) < 4.78 is 53.6. The number of hydrogen-bond donors (Lipinski definition) is 1. The molecule has 0 bridgehead atoms. The minimum absolute atomic E-state index is 0.217. The zero-order valence-corrected chi connectivity index (χ0v) is 10.5. The molecule has 0 aromatic heterocycles. The SMILES string of the molecule is FC(F)(F)C(F)(NCc1ccccc1)c1ccccc1. The molecular formula is C15H13F4N. The second-order valence-electron chi connectivity index (χ2n) is 4.36. The number of hydrogen-bond acceptors (Lipinski definition) is 1. The topological polar surface area (TPSA) is 12.0 Å². The van der Waals surface area contributed by atoms with Gasteiger partial charge in [-0.05, 0) is 5.56 Å². The number of rotatable bonds is 4. The van der Waals surface area contributed by atoms with E-state index in [1.54, 1.807) is 30.3 Å². The van der Waals surface area contributed by atoms with E-state index in [0.29, 0.717) is 5.56 Å². The molecule has 1 nitrogen and oxygen atoms in total. The van der Waals surface area contributed by atoms with E-state index in [1.165, 1.54) is 18.2 Å². The van der Waals surface area contributed by atoms with Gasteiger partial charge in [-0.25, -0.2) is 4.39 Å². The van der Waals surface area contributed by atoms with Gasteiger partial charge in [-0.3, -0.25) is 5.32 Å². The Kier molecular flexibility index (Phi) is 4.09. The lowest BCUT2D eigenvalue weighted by Crippen LogP contribution is -2.50. The first-order valence-corrected chi connectivity index (χ1v) is 6.03. The summed E-state index contributed by atoms with van der Waals surface area (Å²) in [6.07, 6.45) is -5.04. The molecule has 0 saturated carbocycles. The van der Waals surface area contributed by atoms with Gasteiger partial charge in [0.25, 0.3) is 5.79 Å². The molecule has 2 aromatic carbocycles. The fourth-order valence-electron chi connectivity index (χ4n) is 1.85. The average Bonchev–Trinajstić information content (AvgIpc) is 2.45. The third-order valence-electron chi connectivity index (χ3n) is 2.94. The molecule has 0 aliphatic carbocycles. The molecule has 1 N–H and O–H groups in total. The van der Waals surface area contributed by atoms with Crippen LogP contribution in [0.5, 0.6) is 0 Å². The highest BCUT2D eigenvalue weighted by Gasteiger charge is 2.57. The zero-order valence-electron chi connectivity index (χ0n) is 10.5. The van der Waals surface area contributed by atoms with Gasteiger partial charge in [-0.2, -0.15) is 13.2 Å². The van der Waals surface area contributed by atoms with E-state index in [1.807, 2.05) is 5.32 Å². The van der Waals surface area contributed by atoms with E-state index in [9.17, 15) is 17.6 Å². The highest BCUT2D eigenvalue weighted by Crippen LogP contribution is 2.40. The number of benzene rings is 2. The summed E-state index contributed by atoms with van der Waals surface area (Å²) in [7, 11) is 0. The van der Waals surface area contributed by atoms with Gasteiger partial charge >= 0.3 is 6.18 Å². The van der Waals surface area contributed by atoms with Crippen LogP contribution in [0.15, 0.2) is 60.7 Å². The van der Waals surface area contributed by atoms with Crippen LogP contribution in [0, 0.1) is 0 Å². The lowest BCUT2D eigenvalue weighted by atomic mass is 10.0. The minimum atomic E-state index is -5.04. The normalized spacial score (nSPS) is 14.8. The van der Waals surface area contributed by atoms with Crippen molar-refractivity contribution in [2.75, 3.05) is 0 Å². The molecule has 0 amide bonds. The van der Waals surface area contributed by atoms with Crippen LogP contribution in [0.25, 0.3) is 0 Å². The molecular weight excluding hydrogens is 270 g/mol. The summed E-state index contributed by atoms with van der Waals surface area (Å²) in [5, 5.41) is 1.98. The van der Waals surface area contributed by atoms with E-state index >= 15 is 0 Å². The van der Waals surface area contributed by atoms with Crippen LogP contribution in [0.1, 0.15) is 11.1 Å². The van der Waals surface area contributed by atoms with Crippen LogP contribution in [-0.4, -0.2) is 6.18 Å². The van der Waals surface area contributed by atoms with E-state index in [0.717, 1.165) is 12.1 Å². The van der Waals surface area contributed by atoms with Gasteiger partial charge in [0.1, 0.15) is 0 Å². The molecule has 0 aliphatic heterocycles. The largest absolute Gasteiger partial charge is 0.440 e. The molecule has 5 heteroatoms. The van der Waals surface area contributed by atoms with Gasteiger partial charge in [-0.15, -0.1) is 0 Å². The number of nitrogens with one attached hydrogen (secondary N) is 1. The van der Waals surface area contributed by atoms with Gasteiger partial charge in [0.2, 0.25) is 0 Å². The van der Waals surface area contributed by atoms with Crippen molar-refractivity contribution in [2.24, 2.45) is 0 Å². The summed E-state index contributed by atoms with van der Waals surface area (Å²) in [4.78, 5) is 0. The Balaban J connectivity index is 2.25. The average molecular weight is 283 g/mol. The van der Waals surface area contributed by atoms with Crippen molar-refractivity contribution in [3.8, 4) is 0 Å². The first kappa shape index (κ1) is 14.5. The molecule has 2 aromatic rings. The molecule has 106 valence electrons. The molecule has 1 unspecified atom stereocenters. The summed E-state index contributed by atoms with van der Waals surface area (Å²) in [6, 6.07) is 14.9. The molecule has 0 saturated heterocycles. The van der Waals surface area contributed by atoms with E-state index in [-0.39, 0.29) is 6.54 Å². The minimum Gasteiger partial charge on any atom is -0.269 e. The van der Waals surface area contributed by atoms with Gasteiger partial charge in [0.15, 0.2) is 0 Å². The van der Waals surface area contributed by atoms with E-state index < -0.39 is 17.5 Å². The lowest BCUT2D eigenvalue weighted by Gasteiger charge is -2.29. The molecule has 0 radical (unpaired) electrons. The van der Waals surface area contributed by atoms with Crippen molar-refractivity contribution >= 4 is 0 Å². The maximum atomic E-state index is 14.5. The molecule has 2 rings (SSSR count). The van der Waals surface area contributed by atoms with Gasteiger partial charge in [0, 0.05) is 12.1 Å². The number of alkyl halides is 4. The Morgan fingerprint density at radius 2 is 1.25 bits per heavy atom. The standard InChI is InChI=1S/C15H13F4N/c16-14(15(17,18)19,13-9-5-2-6-10-13)20-11-12-7-3-1-4-8-12/h1-10,20H,11H2. The van der Waals surface area contributed by atoms with Crippen LogP contribution < -0.4 is 5.32 Å². The van der Waals surface area contributed by atoms with Gasteiger partial charge < -0.3 is 0 Å². The third-order valence-corrected chi connectivity index (χ3v) is 2.94. The highest BCUT2D eigenvalue weighted by atomic mass is 19.4. The van der Waals surface area contributed by atoms with Crippen molar-refractivity contribution in [2.45, 2.75) is 18.5 Å². The lowest BCUT2D eigenvalue weighted by molar-refractivity contribution is -0.249. The van der Waals surface area contributed by atoms with Crippen LogP contribution in [-0.2, 0) is 12.3 Å². The summed E-state index contributed by atoms with van der Waals surface area (Å²) in [5.41, 5.74) is 0.123. The van der Waals surface area contributed by atoms with Crippen LogP contribution in [0.3, 0.4) is 0 Å². The predicted molar refractivity (Wildman–Crippen MR) is 68.6 cm³/mol. The Bertz CT molecular complexity index is 539. The zero-order chi connectivity index (χ0) is 14.6. The summed E-state index contributed by atoms with van der Waals surface area (Å²) in [6.45, 7) is -0.217. The maximum Gasteiger partial charge on any atom is 0.440 e. The van der Waals surface area contributed by atoms with Gasteiger partial charge in [-0.1, -0.05) is 60.7 Å². The predicted octanol–water partition coefficient (Wildman–Crippen LogP) is 4.16. The van der Waals surface area contributed by atoms with E-state index in [2.05, 4.69) is 0 Å². The summed E-state index contributed by atoms with van der Waals surface area (Å²) in [5.74, 6) is -3.57. The smallest absolute Gasteiger partial charge is 0.269 e. The Morgan fingerprint density at radius 3 is 1.75 bits per heavy atom. The fourth-order valence-corrected chi connectivity index (χ4v) is 1.85. The van der Waals surface area contributed by atoms with Crippen molar-refractivity contribution in [3.05, 3.63) is 71.8 Å². The third kappa shape index (κ3) is 2.99. The molecule has 0 aliphatic rings. The Morgan fingerprint density at radius 1 is 0.750 bits per heavy atom. The van der Waals surface area contributed by atoms with Crippen LogP contribution in [0.4, 0.5) is 17.6 Å². The summed E-state index contributed by atoms with van der Waals surface area (Å²) >= 11 is 0. The van der Waals surface area contributed by atoms with Gasteiger partial charge in [0.05, 0.1) is 0 Å².